The monoisotopic (exact) mass is 634 g/mol. The third kappa shape index (κ3) is 6.92. The van der Waals surface area contributed by atoms with Crippen LogP contribution in [0.3, 0.4) is 0 Å². The SMILES string of the molecule is COc1c2cc(c(O[C@H]3O[C@@H](CO[C@@H]4O[C@H](CO)[C@H](O)[C@H]4O)[C@H](O)[C@@H](O)[C@@H]3O)c1OC)CCCCC=CCc1ccc(O)c-2c1. The zero-order chi connectivity index (χ0) is 32.2. The van der Waals surface area contributed by atoms with E-state index >= 15 is 0 Å². The molecule has 0 saturated carbocycles. The minimum atomic E-state index is -1.70. The predicted molar refractivity (Wildman–Crippen MR) is 158 cm³/mol. The Balaban J connectivity index is 1.46. The minimum absolute atomic E-state index is 0.0535. The lowest BCUT2D eigenvalue weighted by atomic mass is 9.95. The average molecular weight is 635 g/mol. The number of methoxy groups -OCH3 is 2. The maximum atomic E-state index is 10.9. The molecule has 1 aliphatic carbocycles. The van der Waals surface area contributed by atoms with Gasteiger partial charge in [0.1, 0.15) is 48.5 Å². The van der Waals surface area contributed by atoms with Crippen LogP contribution in [0.2, 0.25) is 0 Å². The molecule has 0 aromatic heterocycles. The van der Waals surface area contributed by atoms with E-state index < -0.39 is 68.5 Å². The van der Waals surface area contributed by atoms with Crippen molar-refractivity contribution in [3.05, 3.63) is 47.5 Å². The molecule has 3 aliphatic rings. The molecule has 2 heterocycles. The molecule has 13 heteroatoms. The number of rotatable bonds is 8. The molecule has 0 amide bonds. The summed E-state index contributed by atoms with van der Waals surface area (Å²) < 4.78 is 34.5. The molecule has 5 rings (SSSR count). The third-order valence-corrected chi connectivity index (χ3v) is 8.44. The summed E-state index contributed by atoms with van der Waals surface area (Å²) >= 11 is 0. The number of ether oxygens (including phenoxy) is 6. The van der Waals surface area contributed by atoms with Crippen LogP contribution in [0, 0.1) is 0 Å². The van der Waals surface area contributed by atoms with Crippen LogP contribution < -0.4 is 14.2 Å². The van der Waals surface area contributed by atoms with Crippen molar-refractivity contribution in [2.75, 3.05) is 27.4 Å². The van der Waals surface area contributed by atoms with Crippen LogP contribution in [0.25, 0.3) is 11.1 Å². The molecule has 2 fully saturated rings. The Morgan fingerprint density at radius 3 is 2.18 bits per heavy atom. The fourth-order valence-corrected chi connectivity index (χ4v) is 5.88. The van der Waals surface area contributed by atoms with Crippen molar-refractivity contribution in [3.63, 3.8) is 0 Å². The Kier molecular flexibility index (Phi) is 10.9. The van der Waals surface area contributed by atoms with Crippen LogP contribution >= 0.6 is 0 Å². The zero-order valence-corrected chi connectivity index (χ0v) is 25.2. The van der Waals surface area contributed by atoms with E-state index in [1.54, 1.807) is 6.07 Å². The largest absolute Gasteiger partial charge is 0.507 e. The van der Waals surface area contributed by atoms with E-state index in [4.69, 9.17) is 28.4 Å². The van der Waals surface area contributed by atoms with Crippen molar-refractivity contribution >= 4 is 0 Å². The number of aromatic hydroxyl groups is 1. The molecule has 45 heavy (non-hydrogen) atoms. The number of aryl methyl sites for hydroxylation is 1. The first-order valence-electron chi connectivity index (χ1n) is 15.0. The van der Waals surface area contributed by atoms with Crippen LogP contribution in [0.5, 0.6) is 23.0 Å². The molecule has 9 atom stereocenters. The maximum Gasteiger partial charge on any atom is 0.229 e. The summed E-state index contributed by atoms with van der Waals surface area (Å²) in [7, 11) is 2.89. The van der Waals surface area contributed by atoms with Crippen molar-refractivity contribution < 1.29 is 64.2 Å². The van der Waals surface area contributed by atoms with Crippen LogP contribution in [0.4, 0.5) is 0 Å². The van der Waals surface area contributed by atoms with Crippen LogP contribution in [-0.2, 0) is 27.1 Å². The maximum absolute atomic E-state index is 10.9. The van der Waals surface area contributed by atoms with E-state index in [0.717, 1.165) is 24.8 Å². The highest BCUT2D eigenvalue weighted by molar-refractivity contribution is 5.81. The molecule has 2 aliphatic heterocycles. The van der Waals surface area contributed by atoms with Gasteiger partial charge in [-0.25, -0.2) is 0 Å². The standard InChI is InChI=1S/C32H42O13/c1-40-29-19-13-17(9-7-5-3-4-6-8-16-10-11-20(34)18(19)12-16)28(30(29)41-2)45-32-27(39)25(37)24(36)22(44-32)15-42-31-26(38)23(35)21(14-33)43-31/h4,6,10-13,21-27,31-39H,3,5,7-9,14-15H2,1-2H3/t21-,22+,23+,24+,25-,26-,27+,31-,32-/m1/s1. The zero-order valence-electron chi connectivity index (χ0n) is 25.2. The van der Waals surface area contributed by atoms with Gasteiger partial charge in [-0.15, -0.1) is 0 Å². The lowest BCUT2D eigenvalue weighted by Gasteiger charge is -2.40. The van der Waals surface area contributed by atoms with Crippen LogP contribution in [0.15, 0.2) is 36.4 Å². The van der Waals surface area contributed by atoms with Crippen molar-refractivity contribution in [2.45, 2.75) is 87.4 Å². The van der Waals surface area contributed by atoms with E-state index in [1.165, 1.54) is 14.2 Å². The Bertz CT molecular complexity index is 1330. The van der Waals surface area contributed by atoms with Gasteiger partial charge in [0, 0.05) is 11.1 Å². The van der Waals surface area contributed by atoms with Gasteiger partial charge in [-0.2, -0.15) is 0 Å². The van der Waals surface area contributed by atoms with Gasteiger partial charge in [-0.05, 0) is 61.4 Å². The fourth-order valence-electron chi connectivity index (χ4n) is 5.88. The van der Waals surface area contributed by atoms with Gasteiger partial charge < -0.3 is 64.2 Å². The first-order valence-corrected chi connectivity index (χ1v) is 15.0. The number of allylic oxidation sites excluding steroid dienone is 2. The van der Waals surface area contributed by atoms with Crippen molar-refractivity contribution in [1.82, 2.24) is 0 Å². The highest BCUT2D eigenvalue weighted by Gasteiger charge is 2.48. The number of phenols is 1. The van der Waals surface area contributed by atoms with Gasteiger partial charge in [-0.3, -0.25) is 0 Å². The predicted octanol–water partition coefficient (Wildman–Crippen LogP) is 0.543. The normalized spacial score (nSPS) is 31.9. The Morgan fingerprint density at radius 1 is 0.756 bits per heavy atom. The molecule has 0 spiro atoms. The molecule has 13 nitrogen and oxygen atoms in total. The number of hydrogen-bond donors (Lipinski definition) is 7. The highest BCUT2D eigenvalue weighted by Crippen LogP contribution is 2.50. The van der Waals surface area contributed by atoms with Crippen LogP contribution in [-0.4, -0.2) is 118 Å². The number of aliphatic hydroxyl groups excluding tert-OH is 6. The molecule has 2 aromatic rings. The first-order chi connectivity index (χ1) is 21.7. The lowest BCUT2D eigenvalue weighted by Crippen LogP contribution is -2.60. The topological polar surface area (TPSA) is 197 Å². The molecule has 0 unspecified atom stereocenters. The summed E-state index contributed by atoms with van der Waals surface area (Å²) in [6.45, 7) is -0.970. The number of fused-ring (bicyclic) bond motifs is 5. The molecule has 2 aromatic carbocycles. The summed E-state index contributed by atoms with van der Waals surface area (Å²) in [6.07, 6.45) is -5.02. The summed E-state index contributed by atoms with van der Waals surface area (Å²) in [4.78, 5) is 0. The highest BCUT2D eigenvalue weighted by atomic mass is 16.7. The Morgan fingerprint density at radius 2 is 1.47 bits per heavy atom. The minimum Gasteiger partial charge on any atom is -0.507 e. The summed E-state index contributed by atoms with van der Waals surface area (Å²) in [5, 5.41) is 72.7. The summed E-state index contributed by atoms with van der Waals surface area (Å²) in [5.74, 6) is 0.690. The quantitative estimate of drug-likeness (QED) is 0.199. The van der Waals surface area contributed by atoms with Gasteiger partial charge in [-0.1, -0.05) is 18.2 Å². The van der Waals surface area contributed by atoms with E-state index in [1.807, 2.05) is 18.2 Å². The Hall–Kier alpha value is -2.98. The second-order valence-corrected chi connectivity index (χ2v) is 11.4. The van der Waals surface area contributed by atoms with Crippen molar-refractivity contribution in [1.29, 1.82) is 0 Å². The van der Waals surface area contributed by atoms with E-state index in [2.05, 4.69) is 12.2 Å². The lowest BCUT2D eigenvalue weighted by molar-refractivity contribution is -0.290. The number of benzene rings is 2. The van der Waals surface area contributed by atoms with Crippen LogP contribution in [0.1, 0.15) is 30.4 Å². The Labute approximate surface area is 260 Å². The van der Waals surface area contributed by atoms with Crippen molar-refractivity contribution in [2.24, 2.45) is 0 Å². The molecule has 4 bridgehead atoms. The first kappa shape index (κ1) is 33.4. The molecule has 0 radical (unpaired) electrons. The van der Waals surface area contributed by atoms with Gasteiger partial charge in [0.15, 0.2) is 17.8 Å². The summed E-state index contributed by atoms with van der Waals surface area (Å²) in [6, 6.07) is 7.22. The molecule has 2 saturated heterocycles. The summed E-state index contributed by atoms with van der Waals surface area (Å²) in [5.41, 5.74) is 2.78. The molecular weight excluding hydrogens is 592 g/mol. The number of aliphatic hydroxyl groups is 6. The van der Waals surface area contributed by atoms with E-state index in [-0.39, 0.29) is 23.0 Å². The smallest absolute Gasteiger partial charge is 0.229 e. The number of phenolic OH excluding ortho intramolecular Hbond substituents is 1. The average Bonchev–Trinajstić information content (AvgIpc) is 3.32. The molecular formula is C32H42O13. The molecule has 7 N–H and O–H groups in total. The third-order valence-electron chi connectivity index (χ3n) is 8.44. The number of hydrogen-bond acceptors (Lipinski definition) is 13. The van der Waals surface area contributed by atoms with E-state index in [0.29, 0.717) is 29.5 Å². The van der Waals surface area contributed by atoms with Crippen molar-refractivity contribution in [3.8, 4) is 34.1 Å². The second kappa shape index (κ2) is 14.6. The van der Waals surface area contributed by atoms with Gasteiger partial charge in [0.25, 0.3) is 0 Å². The van der Waals surface area contributed by atoms with Gasteiger partial charge >= 0.3 is 0 Å². The molecule has 248 valence electrons. The van der Waals surface area contributed by atoms with Gasteiger partial charge in [0.05, 0.1) is 27.4 Å². The fraction of sp³-hybridized carbons (Fsp3) is 0.562. The van der Waals surface area contributed by atoms with Gasteiger partial charge in [0.2, 0.25) is 12.0 Å². The van der Waals surface area contributed by atoms with E-state index in [9.17, 15) is 35.7 Å². The second-order valence-electron chi connectivity index (χ2n) is 11.4.